The largest absolute Gasteiger partial charge is 0.445 e. The second-order valence-corrected chi connectivity index (χ2v) is 13.4. The lowest BCUT2D eigenvalue weighted by Crippen LogP contribution is -2.64. The third-order valence-electron chi connectivity index (χ3n) is 9.25. The normalized spacial score (nSPS) is 25.0. The predicted molar refractivity (Wildman–Crippen MR) is 158 cm³/mol. The number of nitrogens with one attached hydrogen (secondary N) is 2. The molecule has 232 valence electrons. The lowest BCUT2D eigenvalue weighted by Gasteiger charge is -2.40. The fourth-order valence-corrected chi connectivity index (χ4v) is 6.83. The van der Waals surface area contributed by atoms with Crippen molar-refractivity contribution in [2.24, 2.45) is 23.0 Å². The highest BCUT2D eigenvalue weighted by Gasteiger charge is 2.56. The van der Waals surface area contributed by atoms with E-state index in [1.807, 2.05) is 58.0 Å². The molecule has 6 atom stereocenters. The van der Waals surface area contributed by atoms with Crippen LogP contribution in [0, 0.1) is 17.3 Å². The minimum absolute atomic E-state index is 0.0692. The number of hydrogen-bond donors (Lipinski definition) is 4. The van der Waals surface area contributed by atoms with Gasteiger partial charge in [-0.25, -0.2) is 4.79 Å². The third kappa shape index (κ3) is 6.90. The first-order valence-electron chi connectivity index (χ1n) is 15.5. The van der Waals surface area contributed by atoms with Crippen molar-refractivity contribution in [3.63, 3.8) is 0 Å². The molecule has 0 spiro atoms. The van der Waals surface area contributed by atoms with Crippen LogP contribution < -0.4 is 16.4 Å². The van der Waals surface area contributed by atoms with Crippen LogP contribution in [0.5, 0.6) is 0 Å². The smallest absolute Gasteiger partial charge is 0.408 e. The molecule has 5 N–H and O–H groups in total. The molecule has 2 aliphatic carbocycles. The topological polar surface area (TPSA) is 151 Å². The number of aliphatic hydroxyl groups is 1. The van der Waals surface area contributed by atoms with Gasteiger partial charge >= 0.3 is 6.09 Å². The average Bonchev–Trinajstić information content (AvgIpc) is 3.73. The van der Waals surface area contributed by atoms with Crippen LogP contribution >= 0.6 is 0 Å². The molecule has 0 bridgehead atoms. The number of fused-ring (bicyclic) bond motifs is 1. The van der Waals surface area contributed by atoms with Gasteiger partial charge in [0.25, 0.3) is 5.91 Å². The van der Waals surface area contributed by atoms with Gasteiger partial charge < -0.3 is 31.1 Å². The van der Waals surface area contributed by atoms with Crippen molar-refractivity contribution in [3.8, 4) is 0 Å². The summed E-state index contributed by atoms with van der Waals surface area (Å²) in [6.45, 7) is 7.60. The average molecular weight is 585 g/mol. The second-order valence-electron chi connectivity index (χ2n) is 13.4. The van der Waals surface area contributed by atoms with Crippen molar-refractivity contribution >= 4 is 23.8 Å². The fraction of sp³-hybridized carbons (Fsp3) is 0.688. The van der Waals surface area contributed by atoms with Crippen molar-refractivity contribution in [3.05, 3.63) is 35.9 Å². The Morgan fingerprint density at radius 1 is 1.05 bits per heavy atom. The monoisotopic (exact) mass is 584 g/mol. The number of ether oxygens (including phenoxy) is 1. The van der Waals surface area contributed by atoms with E-state index in [2.05, 4.69) is 10.6 Å². The number of hydrogen-bond acceptors (Lipinski definition) is 6. The van der Waals surface area contributed by atoms with Crippen molar-refractivity contribution in [2.75, 3.05) is 0 Å². The number of primary amides is 1. The van der Waals surface area contributed by atoms with Crippen LogP contribution in [0.1, 0.15) is 91.0 Å². The van der Waals surface area contributed by atoms with E-state index in [0.717, 1.165) is 31.2 Å². The number of alkyl carbamates (subject to hydrolysis) is 1. The number of likely N-dealkylation sites (tertiary alicyclic amines) is 1. The Hall–Kier alpha value is -3.14. The number of carbonyl (C=O) groups excluding carboxylic acids is 4. The van der Waals surface area contributed by atoms with E-state index < -0.39 is 47.0 Å². The van der Waals surface area contributed by atoms with E-state index in [0.29, 0.717) is 32.1 Å². The maximum absolute atomic E-state index is 14.4. The summed E-state index contributed by atoms with van der Waals surface area (Å²) in [5, 5.41) is 17.1. The summed E-state index contributed by atoms with van der Waals surface area (Å²) >= 11 is 0. The molecule has 0 radical (unpaired) electrons. The Labute approximate surface area is 249 Å². The van der Waals surface area contributed by atoms with Gasteiger partial charge in [-0.2, -0.15) is 0 Å². The van der Waals surface area contributed by atoms with Gasteiger partial charge in [-0.15, -0.1) is 0 Å². The minimum atomic E-state index is -1.83. The van der Waals surface area contributed by atoms with Gasteiger partial charge in [-0.05, 0) is 61.3 Å². The van der Waals surface area contributed by atoms with Crippen molar-refractivity contribution < 1.29 is 29.0 Å². The highest BCUT2D eigenvalue weighted by molar-refractivity contribution is 5.93. The maximum atomic E-state index is 14.4. The van der Waals surface area contributed by atoms with Gasteiger partial charge in [0, 0.05) is 6.04 Å². The zero-order valence-electron chi connectivity index (χ0n) is 25.4. The second kappa shape index (κ2) is 13.0. The molecule has 6 unspecified atom stereocenters. The molecule has 10 nitrogen and oxygen atoms in total. The molecular formula is C32H48N4O6. The molecule has 4 amide bonds. The molecule has 4 rings (SSSR count). The SMILES string of the molecule is CCCC(NC(=O)C1CC2CCCCC2N1C(=O)C(NC(=O)OCc1ccccc1)C(C)(C)C)C(O)(C(N)=O)C1CC1. The first-order valence-corrected chi connectivity index (χ1v) is 15.5. The summed E-state index contributed by atoms with van der Waals surface area (Å²) in [5.74, 6) is -1.67. The van der Waals surface area contributed by atoms with Crippen LogP contribution in [0.2, 0.25) is 0 Å². The van der Waals surface area contributed by atoms with E-state index in [9.17, 15) is 24.3 Å². The van der Waals surface area contributed by atoms with Gasteiger partial charge in [0.1, 0.15) is 18.7 Å². The molecule has 3 aliphatic rings. The molecule has 2 saturated carbocycles. The van der Waals surface area contributed by atoms with E-state index in [4.69, 9.17) is 10.5 Å². The Morgan fingerprint density at radius 2 is 1.71 bits per heavy atom. The first-order chi connectivity index (χ1) is 19.9. The zero-order valence-corrected chi connectivity index (χ0v) is 25.4. The first kappa shape index (κ1) is 31.8. The highest BCUT2D eigenvalue weighted by atomic mass is 16.5. The summed E-state index contributed by atoms with van der Waals surface area (Å²) < 4.78 is 5.44. The van der Waals surface area contributed by atoms with Crippen LogP contribution in [0.3, 0.4) is 0 Å². The zero-order chi connectivity index (χ0) is 30.7. The quantitative estimate of drug-likeness (QED) is 0.313. The lowest BCUT2D eigenvalue weighted by atomic mass is 9.83. The Morgan fingerprint density at radius 3 is 2.31 bits per heavy atom. The molecule has 10 heteroatoms. The van der Waals surface area contributed by atoms with E-state index in [1.165, 1.54) is 0 Å². The summed E-state index contributed by atoms with van der Waals surface area (Å²) in [5.41, 5.74) is 4.02. The Bertz CT molecular complexity index is 1130. The molecule has 1 aliphatic heterocycles. The molecule has 1 heterocycles. The number of nitrogens with zero attached hydrogens (tertiary/aromatic N) is 1. The molecule has 1 aromatic rings. The van der Waals surface area contributed by atoms with Gasteiger partial charge in [0.2, 0.25) is 11.8 Å². The number of carbonyl (C=O) groups is 4. The standard InChI is InChI=1S/C32H48N4O6/c1-5-11-25(32(41,29(33)39)22-16-17-22)34-27(37)24-18-21-14-9-10-15-23(21)36(24)28(38)26(31(2,3)4)35-30(40)42-19-20-12-7-6-8-13-20/h6-8,12-13,21-26,41H,5,9-11,14-19H2,1-4H3,(H2,33,39)(H,34,37)(H,35,40). The number of benzene rings is 1. The lowest BCUT2D eigenvalue weighted by molar-refractivity contribution is -0.149. The fourth-order valence-electron chi connectivity index (χ4n) is 6.83. The van der Waals surface area contributed by atoms with Crippen molar-refractivity contribution in [1.82, 2.24) is 15.5 Å². The van der Waals surface area contributed by atoms with Crippen molar-refractivity contribution in [2.45, 2.75) is 122 Å². The van der Waals surface area contributed by atoms with Crippen LogP contribution in [-0.4, -0.2) is 63.6 Å². The van der Waals surface area contributed by atoms with E-state index in [-0.39, 0.29) is 30.4 Å². The van der Waals surface area contributed by atoms with Crippen LogP contribution in [-0.2, 0) is 25.7 Å². The molecule has 3 fully saturated rings. The Kier molecular flexibility index (Phi) is 9.85. The minimum Gasteiger partial charge on any atom is -0.445 e. The number of amides is 4. The van der Waals surface area contributed by atoms with Gasteiger partial charge in [0.15, 0.2) is 5.60 Å². The van der Waals surface area contributed by atoms with Crippen molar-refractivity contribution in [1.29, 1.82) is 0 Å². The summed E-state index contributed by atoms with van der Waals surface area (Å²) in [7, 11) is 0. The summed E-state index contributed by atoms with van der Waals surface area (Å²) in [6, 6.07) is 6.61. The number of rotatable bonds is 11. The number of nitrogens with two attached hydrogens (primary N) is 1. The maximum Gasteiger partial charge on any atom is 0.408 e. The van der Waals surface area contributed by atoms with E-state index in [1.54, 1.807) is 4.90 Å². The molecule has 1 saturated heterocycles. The summed E-state index contributed by atoms with van der Waals surface area (Å²) in [6.07, 6.45) is 5.83. The highest BCUT2D eigenvalue weighted by Crippen LogP contribution is 2.44. The van der Waals surface area contributed by atoms with Gasteiger partial charge in [-0.1, -0.05) is 77.3 Å². The molecular weight excluding hydrogens is 536 g/mol. The molecule has 1 aromatic carbocycles. The molecule has 42 heavy (non-hydrogen) atoms. The molecule has 0 aromatic heterocycles. The van der Waals surface area contributed by atoms with E-state index >= 15 is 0 Å². The summed E-state index contributed by atoms with van der Waals surface area (Å²) in [4.78, 5) is 55.4. The third-order valence-corrected chi connectivity index (χ3v) is 9.25. The van der Waals surface area contributed by atoms with Gasteiger partial charge in [-0.3, -0.25) is 14.4 Å². The van der Waals surface area contributed by atoms with Crippen LogP contribution in [0.15, 0.2) is 30.3 Å². The van der Waals surface area contributed by atoms with Crippen LogP contribution in [0.4, 0.5) is 4.79 Å². The van der Waals surface area contributed by atoms with Gasteiger partial charge in [0.05, 0.1) is 6.04 Å². The predicted octanol–water partition coefficient (Wildman–Crippen LogP) is 3.40. The van der Waals surface area contributed by atoms with Crippen LogP contribution in [0.25, 0.3) is 0 Å². The Balaban J connectivity index is 1.56.